The van der Waals surface area contributed by atoms with Gasteiger partial charge in [0.2, 0.25) is 0 Å². The van der Waals surface area contributed by atoms with Gasteiger partial charge in [-0.25, -0.2) is 0 Å². The Morgan fingerprint density at radius 1 is 1.29 bits per heavy atom. The Bertz CT molecular complexity index is 503. The number of carbonyl (C=O) groups is 1. The number of primary amides is 1. The molecular formula is C14H20N4O3. The van der Waals surface area contributed by atoms with E-state index in [1.165, 1.54) is 0 Å². The highest BCUT2D eigenvalue weighted by molar-refractivity contribution is 5.90. The number of nitrogens with zero attached hydrogens (tertiary/aromatic N) is 3. The third kappa shape index (κ3) is 2.84. The van der Waals surface area contributed by atoms with Crippen LogP contribution >= 0.6 is 0 Å². The van der Waals surface area contributed by atoms with E-state index in [9.17, 15) is 4.79 Å². The summed E-state index contributed by atoms with van der Waals surface area (Å²) >= 11 is 0. The highest BCUT2D eigenvalue weighted by Crippen LogP contribution is 2.37. The fourth-order valence-electron chi connectivity index (χ4n) is 3.05. The van der Waals surface area contributed by atoms with Gasteiger partial charge in [0, 0.05) is 25.9 Å². The van der Waals surface area contributed by atoms with E-state index in [4.69, 9.17) is 15.2 Å². The van der Waals surface area contributed by atoms with E-state index >= 15 is 0 Å². The fraction of sp³-hybridized carbons (Fsp3) is 0.643. The van der Waals surface area contributed by atoms with Gasteiger partial charge < -0.3 is 20.1 Å². The van der Waals surface area contributed by atoms with Crippen molar-refractivity contribution >= 4 is 11.7 Å². The largest absolute Gasteiger partial charge is 0.364 e. The van der Waals surface area contributed by atoms with E-state index in [1.807, 2.05) is 7.05 Å². The molecule has 114 valence electrons. The molecule has 2 heterocycles. The maximum atomic E-state index is 11.0. The van der Waals surface area contributed by atoms with Crippen LogP contribution in [0.25, 0.3) is 0 Å². The molecule has 1 aromatic rings. The van der Waals surface area contributed by atoms with Crippen LogP contribution in [-0.4, -0.2) is 48.2 Å². The Morgan fingerprint density at radius 3 is 2.48 bits per heavy atom. The molecule has 0 bridgehead atoms. The highest BCUT2D eigenvalue weighted by atomic mass is 16.7. The first kappa shape index (κ1) is 14.2. The minimum atomic E-state index is -0.563. The molecular weight excluding hydrogens is 272 g/mol. The predicted molar refractivity (Wildman–Crippen MR) is 75.8 cm³/mol. The summed E-state index contributed by atoms with van der Waals surface area (Å²) < 4.78 is 11.5. The summed E-state index contributed by atoms with van der Waals surface area (Å²) in [6.07, 6.45) is 3.76. The number of amides is 1. The number of hydrogen-bond acceptors (Lipinski definition) is 6. The first-order valence-corrected chi connectivity index (χ1v) is 7.24. The summed E-state index contributed by atoms with van der Waals surface area (Å²) in [6.45, 7) is 1.39. The van der Waals surface area contributed by atoms with Crippen molar-refractivity contribution < 1.29 is 14.3 Å². The number of carbonyl (C=O) groups excluding carboxylic acids is 1. The van der Waals surface area contributed by atoms with Crippen LogP contribution in [0.1, 0.15) is 36.2 Å². The lowest BCUT2D eigenvalue weighted by Gasteiger charge is -2.39. The molecule has 1 aliphatic heterocycles. The highest BCUT2D eigenvalue weighted by Gasteiger charge is 2.41. The molecule has 2 aliphatic rings. The summed E-state index contributed by atoms with van der Waals surface area (Å²) in [4.78, 5) is 13.1. The van der Waals surface area contributed by atoms with Gasteiger partial charge in [-0.3, -0.25) is 4.79 Å². The minimum Gasteiger partial charge on any atom is -0.364 e. The van der Waals surface area contributed by atoms with Gasteiger partial charge in [0.1, 0.15) is 0 Å². The smallest absolute Gasteiger partial charge is 0.269 e. The van der Waals surface area contributed by atoms with Crippen LogP contribution in [0.15, 0.2) is 12.1 Å². The molecule has 7 heteroatoms. The molecule has 2 fully saturated rings. The van der Waals surface area contributed by atoms with Gasteiger partial charge in [-0.05, 0) is 25.0 Å². The summed E-state index contributed by atoms with van der Waals surface area (Å²) in [7, 11) is 1.99. The van der Waals surface area contributed by atoms with Gasteiger partial charge in [0.15, 0.2) is 17.3 Å². The molecule has 0 aromatic carbocycles. The normalized spacial score (nSPS) is 21.6. The van der Waals surface area contributed by atoms with E-state index in [-0.39, 0.29) is 11.5 Å². The van der Waals surface area contributed by atoms with Crippen LogP contribution in [0.4, 0.5) is 5.82 Å². The Hall–Kier alpha value is -1.73. The lowest BCUT2D eigenvalue weighted by molar-refractivity contribution is -0.178. The van der Waals surface area contributed by atoms with Crippen molar-refractivity contribution in [2.75, 3.05) is 25.2 Å². The zero-order valence-electron chi connectivity index (χ0n) is 12.1. The third-order valence-electron chi connectivity index (χ3n) is 4.34. The van der Waals surface area contributed by atoms with Crippen molar-refractivity contribution in [3.8, 4) is 0 Å². The molecule has 1 aliphatic carbocycles. The second-order valence-corrected chi connectivity index (χ2v) is 5.59. The summed E-state index contributed by atoms with van der Waals surface area (Å²) in [5, 5.41) is 7.93. The van der Waals surface area contributed by atoms with Gasteiger partial charge in [-0.1, -0.05) is 0 Å². The fourth-order valence-corrected chi connectivity index (χ4v) is 3.05. The average Bonchev–Trinajstić information content (AvgIpc) is 2.96. The standard InChI is InChI=1S/C14H20N4O3/c1-18(12-3-2-11(13(15)19)16-17-12)10-4-6-14(7-5-10)20-8-9-21-14/h2-3,10H,4-9H2,1H3,(H2,15,19). The van der Waals surface area contributed by atoms with E-state index in [2.05, 4.69) is 15.1 Å². The second-order valence-electron chi connectivity index (χ2n) is 5.59. The van der Waals surface area contributed by atoms with Gasteiger partial charge in [0.25, 0.3) is 5.91 Å². The second kappa shape index (κ2) is 5.57. The monoisotopic (exact) mass is 292 g/mol. The van der Waals surface area contributed by atoms with Crippen LogP contribution in [0.5, 0.6) is 0 Å². The van der Waals surface area contributed by atoms with Crippen molar-refractivity contribution in [1.82, 2.24) is 10.2 Å². The van der Waals surface area contributed by atoms with E-state index in [0.717, 1.165) is 31.5 Å². The number of ether oxygens (including phenoxy) is 2. The van der Waals surface area contributed by atoms with Gasteiger partial charge >= 0.3 is 0 Å². The zero-order chi connectivity index (χ0) is 14.9. The lowest BCUT2D eigenvalue weighted by atomic mass is 9.89. The molecule has 1 saturated heterocycles. The number of aromatic nitrogens is 2. The van der Waals surface area contributed by atoms with Crippen molar-refractivity contribution in [3.05, 3.63) is 17.8 Å². The molecule has 1 spiro atoms. The first-order chi connectivity index (χ1) is 10.1. The van der Waals surface area contributed by atoms with Gasteiger partial charge in [-0.15, -0.1) is 10.2 Å². The number of nitrogens with two attached hydrogens (primary N) is 1. The molecule has 7 nitrogen and oxygen atoms in total. The topological polar surface area (TPSA) is 90.6 Å². The molecule has 21 heavy (non-hydrogen) atoms. The van der Waals surface area contributed by atoms with Crippen LogP contribution in [0.2, 0.25) is 0 Å². The summed E-state index contributed by atoms with van der Waals surface area (Å²) in [5.74, 6) is -0.167. The predicted octanol–water partition coefficient (Wildman–Crippen LogP) is 0.697. The van der Waals surface area contributed by atoms with Crippen LogP contribution in [0, 0.1) is 0 Å². The maximum absolute atomic E-state index is 11.0. The zero-order valence-corrected chi connectivity index (χ0v) is 12.1. The van der Waals surface area contributed by atoms with Crippen molar-refractivity contribution in [2.24, 2.45) is 5.73 Å². The van der Waals surface area contributed by atoms with Gasteiger partial charge in [-0.2, -0.15) is 0 Å². The Balaban J connectivity index is 1.63. The number of rotatable bonds is 3. The summed E-state index contributed by atoms with van der Waals surface area (Å²) in [5.41, 5.74) is 5.35. The van der Waals surface area contributed by atoms with E-state index in [1.54, 1.807) is 12.1 Å². The summed E-state index contributed by atoms with van der Waals surface area (Å²) in [6, 6.07) is 3.76. The number of hydrogen-bond donors (Lipinski definition) is 1. The average molecular weight is 292 g/mol. The van der Waals surface area contributed by atoms with Crippen molar-refractivity contribution in [3.63, 3.8) is 0 Å². The minimum absolute atomic E-state index is 0.183. The molecule has 3 rings (SSSR count). The maximum Gasteiger partial charge on any atom is 0.269 e. The molecule has 0 unspecified atom stereocenters. The van der Waals surface area contributed by atoms with Gasteiger partial charge in [0.05, 0.1) is 13.2 Å². The molecule has 2 N–H and O–H groups in total. The molecule has 1 saturated carbocycles. The Labute approximate surface area is 123 Å². The molecule has 1 amide bonds. The molecule has 0 atom stereocenters. The number of anilines is 1. The molecule has 1 aromatic heterocycles. The quantitative estimate of drug-likeness (QED) is 0.881. The Kier molecular flexibility index (Phi) is 3.77. The van der Waals surface area contributed by atoms with Crippen molar-refractivity contribution in [2.45, 2.75) is 37.5 Å². The first-order valence-electron chi connectivity index (χ1n) is 7.24. The SMILES string of the molecule is CN(c1ccc(C(N)=O)nn1)C1CCC2(CC1)OCCO2. The third-order valence-corrected chi connectivity index (χ3v) is 4.34. The van der Waals surface area contributed by atoms with Crippen LogP contribution < -0.4 is 10.6 Å². The van der Waals surface area contributed by atoms with Crippen LogP contribution in [-0.2, 0) is 9.47 Å². The van der Waals surface area contributed by atoms with E-state index < -0.39 is 5.91 Å². The van der Waals surface area contributed by atoms with E-state index in [0.29, 0.717) is 19.3 Å². The Morgan fingerprint density at radius 2 is 1.95 bits per heavy atom. The lowest BCUT2D eigenvalue weighted by Crippen LogP contribution is -2.43. The van der Waals surface area contributed by atoms with Crippen LogP contribution in [0.3, 0.4) is 0 Å². The van der Waals surface area contributed by atoms with Crippen molar-refractivity contribution in [1.29, 1.82) is 0 Å². The molecule has 0 radical (unpaired) electrons.